The number of nitrogens with one attached hydrogen (secondary N) is 2. The molecule has 2 N–H and O–H groups in total. The summed E-state index contributed by atoms with van der Waals surface area (Å²) < 4.78 is -1.30. The number of thiophene rings is 1. The molecule has 2 heterocycles. The van der Waals surface area contributed by atoms with Crippen molar-refractivity contribution in [3.05, 3.63) is 40.3 Å². The lowest BCUT2D eigenvalue weighted by atomic mass is 10.1. The molecule has 1 aliphatic rings. The fraction of sp³-hybridized carbons (Fsp3) is 0.235. The number of thioether (sulfide) groups is 1. The molecule has 0 saturated heterocycles. The molecule has 3 rings (SSSR count). The first kappa shape index (κ1) is 16.6. The fourth-order valence-corrected chi connectivity index (χ4v) is 4.50. The number of carbonyl (C=O) groups is 2. The molecular formula is C17H15N3O2S2. The van der Waals surface area contributed by atoms with Gasteiger partial charge in [-0.3, -0.25) is 9.59 Å². The molecule has 0 bridgehead atoms. The molecule has 2 aromatic rings. The van der Waals surface area contributed by atoms with Crippen LogP contribution >= 0.6 is 23.1 Å². The standard InChI is InChI=1S/C17H15N3O2S2/c1-9-10(2)23-14(11(9)8-18)20-16(22)17(3)15(21)19-12-6-4-5-7-13(12)24-17/h4-7H,1-3H3,(H,19,21)(H,20,22). The van der Waals surface area contributed by atoms with Crippen molar-refractivity contribution in [3.8, 4) is 6.07 Å². The van der Waals surface area contributed by atoms with E-state index in [1.807, 2.05) is 32.0 Å². The summed E-state index contributed by atoms with van der Waals surface area (Å²) in [5.41, 5.74) is 2.02. The molecule has 1 aromatic heterocycles. The lowest BCUT2D eigenvalue weighted by Gasteiger charge is -2.31. The molecule has 1 atom stereocenters. The highest BCUT2D eigenvalue weighted by Gasteiger charge is 2.46. The molecular weight excluding hydrogens is 342 g/mol. The number of anilines is 2. The Morgan fingerprint density at radius 3 is 2.75 bits per heavy atom. The molecule has 2 amide bonds. The number of aryl methyl sites for hydroxylation is 1. The van der Waals surface area contributed by atoms with Crippen molar-refractivity contribution in [2.45, 2.75) is 30.4 Å². The summed E-state index contributed by atoms with van der Waals surface area (Å²) in [5, 5.41) is 15.3. The molecule has 1 unspecified atom stereocenters. The molecule has 0 aliphatic carbocycles. The number of nitriles is 1. The molecule has 7 heteroatoms. The van der Waals surface area contributed by atoms with Crippen LogP contribution in [0.2, 0.25) is 0 Å². The zero-order chi connectivity index (χ0) is 17.5. The monoisotopic (exact) mass is 357 g/mol. The van der Waals surface area contributed by atoms with Gasteiger partial charge in [0.15, 0.2) is 4.75 Å². The third kappa shape index (κ3) is 2.58. The third-order valence-corrected chi connectivity index (χ3v) is 6.52. The number of amides is 2. The summed E-state index contributed by atoms with van der Waals surface area (Å²) in [6.45, 7) is 5.34. The summed E-state index contributed by atoms with van der Waals surface area (Å²) in [6.07, 6.45) is 0. The minimum Gasteiger partial charge on any atom is -0.323 e. The van der Waals surface area contributed by atoms with Crippen LogP contribution in [0.25, 0.3) is 0 Å². The van der Waals surface area contributed by atoms with Gasteiger partial charge < -0.3 is 10.6 Å². The predicted molar refractivity (Wildman–Crippen MR) is 96.5 cm³/mol. The summed E-state index contributed by atoms with van der Waals surface area (Å²) in [4.78, 5) is 27.1. The second-order valence-electron chi connectivity index (χ2n) is 5.64. The van der Waals surface area contributed by atoms with E-state index < -0.39 is 10.7 Å². The number of hydrogen-bond acceptors (Lipinski definition) is 5. The van der Waals surface area contributed by atoms with Gasteiger partial charge in [-0.15, -0.1) is 11.3 Å². The average molecular weight is 357 g/mol. The smallest absolute Gasteiger partial charge is 0.250 e. The van der Waals surface area contributed by atoms with Crippen LogP contribution < -0.4 is 10.6 Å². The van der Waals surface area contributed by atoms with Crippen LogP contribution in [-0.2, 0) is 9.59 Å². The minimum absolute atomic E-state index is 0.368. The van der Waals surface area contributed by atoms with E-state index in [0.29, 0.717) is 16.3 Å². The quantitative estimate of drug-likeness (QED) is 0.803. The van der Waals surface area contributed by atoms with Gasteiger partial charge in [0.05, 0.1) is 11.3 Å². The van der Waals surface area contributed by atoms with Gasteiger partial charge in [0.25, 0.3) is 5.91 Å². The van der Waals surface area contributed by atoms with Crippen LogP contribution in [0, 0.1) is 25.2 Å². The van der Waals surface area contributed by atoms with Crippen LogP contribution in [0.3, 0.4) is 0 Å². The first-order valence-electron chi connectivity index (χ1n) is 7.28. The highest BCUT2D eigenvalue weighted by atomic mass is 32.2. The minimum atomic E-state index is -1.30. The Kier molecular flexibility index (Phi) is 4.11. The average Bonchev–Trinajstić information content (AvgIpc) is 2.82. The molecule has 5 nitrogen and oxygen atoms in total. The van der Waals surface area contributed by atoms with Gasteiger partial charge in [-0.2, -0.15) is 5.26 Å². The number of para-hydroxylation sites is 1. The van der Waals surface area contributed by atoms with Gasteiger partial charge in [-0.1, -0.05) is 23.9 Å². The molecule has 1 aliphatic heterocycles. The summed E-state index contributed by atoms with van der Waals surface area (Å²) in [7, 11) is 0. The number of benzene rings is 1. The number of carbonyl (C=O) groups excluding carboxylic acids is 2. The zero-order valence-corrected chi connectivity index (χ0v) is 15.0. The van der Waals surface area contributed by atoms with Crippen molar-refractivity contribution in [3.63, 3.8) is 0 Å². The maximum absolute atomic E-state index is 12.8. The van der Waals surface area contributed by atoms with E-state index in [4.69, 9.17) is 0 Å². The maximum atomic E-state index is 12.8. The molecule has 0 radical (unpaired) electrons. The predicted octanol–water partition coefficient (Wildman–Crippen LogP) is 3.68. The van der Waals surface area contributed by atoms with Gasteiger partial charge >= 0.3 is 0 Å². The Hall–Kier alpha value is -2.30. The van der Waals surface area contributed by atoms with E-state index in [1.165, 1.54) is 23.1 Å². The van der Waals surface area contributed by atoms with E-state index >= 15 is 0 Å². The van der Waals surface area contributed by atoms with Gasteiger partial charge in [0.2, 0.25) is 5.91 Å². The first-order valence-corrected chi connectivity index (χ1v) is 8.91. The first-order chi connectivity index (χ1) is 11.4. The van der Waals surface area contributed by atoms with Crippen molar-refractivity contribution < 1.29 is 9.59 Å². The molecule has 122 valence electrons. The third-order valence-electron chi connectivity index (χ3n) is 4.04. The van der Waals surface area contributed by atoms with Gasteiger partial charge in [-0.25, -0.2) is 0 Å². The van der Waals surface area contributed by atoms with Crippen LogP contribution in [0.1, 0.15) is 22.9 Å². The summed E-state index contributed by atoms with van der Waals surface area (Å²) in [5.74, 6) is -0.801. The Morgan fingerprint density at radius 1 is 1.33 bits per heavy atom. The number of rotatable bonds is 2. The van der Waals surface area contributed by atoms with Crippen molar-refractivity contribution in [1.82, 2.24) is 0 Å². The van der Waals surface area contributed by atoms with E-state index in [-0.39, 0.29) is 5.91 Å². The Labute approximate surface area is 148 Å². The molecule has 1 aromatic carbocycles. The molecule has 0 saturated carbocycles. The highest BCUT2D eigenvalue weighted by molar-refractivity contribution is 8.02. The number of fused-ring (bicyclic) bond motifs is 1. The maximum Gasteiger partial charge on any atom is 0.250 e. The largest absolute Gasteiger partial charge is 0.323 e. The SMILES string of the molecule is Cc1sc(NC(=O)C2(C)Sc3ccccc3NC2=O)c(C#N)c1C. The van der Waals surface area contributed by atoms with Crippen molar-refractivity contribution >= 4 is 45.6 Å². The van der Waals surface area contributed by atoms with Crippen LogP contribution in [0.15, 0.2) is 29.2 Å². The van der Waals surface area contributed by atoms with E-state index in [2.05, 4.69) is 16.7 Å². The normalized spacial score (nSPS) is 19.2. The van der Waals surface area contributed by atoms with Crippen molar-refractivity contribution in [2.75, 3.05) is 10.6 Å². The van der Waals surface area contributed by atoms with Crippen LogP contribution in [0.5, 0.6) is 0 Å². The lowest BCUT2D eigenvalue weighted by Crippen LogP contribution is -2.49. The zero-order valence-electron chi connectivity index (χ0n) is 13.4. The molecule has 0 spiro atoms. The lowest BCUT2D eigenvalue weighted by molar-refractivity contribution is -0.126. The van der Waals surface area contributed by atoms with Gasteiger partial charge in [0.1, 0.15) is 11.1 Å². The fourth-order valence-electron chi connectivity index (χ4n) is 2.39. The van der Waals surface area contributed by atoms with Gasteiger partial charge in [-0.05, 0) is 38.5 Å². The summed E-state index contributed by atoms with van der Waals surface area (Å²) >= 11 is 2.56. The topological polar surface area (TPSA) is 82.0 Å². The molecule has 0 fully saturated rings. The number of hydrogen-bond donors (Lipinski definition) is 2. The Balaban J connectivity index is 1.92. The van der Waals surface area contributed by atoms with E-state index in [0.717, 1.165) is 15.3 Å². The van der Waals surface area contributed by atoms with Crippen LogP contribution in [-0.4, -0.2) is 16.6 Å². The van der Waals surface area contributed by atoms with Crippen LogP contribution in [0.4, 0.5) is 10.7 Å². The van der Waals surface area contributed by atoms with E-state index in [1.54, 1.807) is 13.0 Å². The van der Waals surface area contributed by atoms with Crippen molar-refractivity contribution in [2.24, 2.45) is 0 Å². The highest BCUT2D eigenvalue weighted by Crippen LogP contribution is 2.43. The van der Waals surface area contributed by atoms with E-state index in [9.17, 15) is 14.9 Å². The van der Waals surface area contributed by atoms with Gasteiger partial charge in [0, 0.05) is 9.77 Å². The number of nitrogens with zero attached hydrogens (tertiary/aromatic N) is 1. The van der Waals surface area contributed by atoms with Crippen molar-refractivity contribution in [1.29, 1.82) is 5.26 Å². The molecule has 24 heavy (non-hydrogen) atoms. The summed E-state index contributed by atoms with van der Waals surface area (Å²) in [6, 6.07) is 9.48. The Bertz CT molecular complexity index is 898. The Morgan fingerprint density at radius 2 is 2.04 bits per heavy atom. The second kappa shape index (κ2) is 5.96. The second-order valence-corrected chi connectivity index (χ2v) is 8.32.